The molecule has 0 aliphatic heterocycles. The van der Waals surface area contributed by atoms with Crippen molar-refractivity contribution in [3.8, 4) is 17.2 Å². The van der Waals surface area contributed by atoms with Crippen LogP contribution in [0.15, 0.2) is 33.5 Å². The molecule has 0 spiro atoms. The van der Waals surface area contributed by atoms with E-state index in [4.69, 9.17) is 13.9 Å². The van der Waals surface area contributed by atoms with E-state index in [2.05, 4.69) is 52.2 Å². The Balaban J connectivity index is 1.69. The van der Waals surface area contributed by atoms with Crippen molar-refractivity contribution in [2.45, 2.75) is 85.2 Å². The van der Waals surface area contributed by atoms with E-state index in [0.717, 1.165) is 44.3 Å². The van der Waals surface area contributed by atoms with E-state index in [1.54, 1.807) is 12.1 Å². The number of benzene rings is 2. The van der Waals surface area contributed by atoms with Gasteiger partial charge in [-0.25, -0.2) is 0 Å². The Morgan fingerprint density at radius 2 is 1.24 bits per heavy atom. The van der Waals surface area contributed by atoms with Crippen molar-refractivity contribution < 1.29 is 19.0 Å². The Bertz CT molecular complexity index is 1160. The summed E-state index contributed by atoms with van der Waals surface area (Å²) in [5.74, 6) is 1.00. The molecular formula is C30H44N2O5. The standard InChI is InChI=1S/C30H44N2O5/c1-20-16-21(35-14-10-8-12-31-29(2,3)4)18-24-26(20)28(34)27-23(33)17-22(19-25(27)37-24)36-15-11-9-13-32-30(5,6)7/h16-19,31-33H,8-15H2,1-7H3. The normalized spacial score (nSPS) is 12.4. The molecule has 3 N–H and O–H groups in total. The van der Waals surface area contributed by atoms with Crippen molar-refractivity contribution >= 4 is 21.9 Å². The molecule has 0 amide bonds. The predicted molar refractivity (Wildman–Crippen MR) is 151 cm³/mol. The van der Waals surface area contributed by atoms with Crippen LogP contribution in [-0.4, -0.2) is 42.5 Å². The summed E-state index contributed by atoms with van der Waals surface area (Å²) in [6.45, 7) is 17.7. The summed E-state index contributed by atoms with van der Waals surface area (Å²) in [6, 6.07) is 6.76. The maximum absolute atomic E-state index is 13.3. The maximum atomic E-state index is 13.3. The first-order valence-corrected chi connectivity index (χ1v) is 13.3. The molecular weight excluding hydrogens is 468 g/mol. The second-order valence-corrected chi connectivity index (χ2v) is 11.8. The number of phenols is 1. The van der Waals surface area contributed by atoms with Gasteiger partial charge in [-0.2, -0.15) is 0 Å². The number of ether oxygens (including phenoxy) is 2. The molecule has 7 nitrogen and oxygen atoms in total. The molecule has 1 heterocycles. The zero-order valence-corrected chi connectivity index (χ0v) is 23.5. The molecule has 1 aromatic heterocycles. The first kappa shape index (κ1) is 28.8. The fraction of sp³-hybridized carbons (Fsp3) is 0.567. The van der Waals surface area contributed by atoms with Gasteiger partial charge in [0.2, 0.25) is 5.43 Å². The number of aryl methyl sites for hydroxylation is 1. The Hall–Kier alpha value is -2.77. The predicted octanol–water partition coefficient (Wildman–Crippen LogP) is 6.05. The van der Waals surface area contributed by atoms with Crippen LogP contribution in [0.5, 0.6) is 17.2 Å². The summed E-state index contributed by atoms with van der Waals surface area (Å²) in [6.07, 6.45) is 3.78. The lowest BCUT2D eigenvalue weighted by molar-refractivity contribution is 0.300. The summed E-state index contributed by atoms with van der Waals surface area (Å²) in [7, 11) is 0. The van der Waals surface area contributed by atoms with Gasteiger partial charge in [0.1, 0.15) is 33.8 Å². The van der Waals surface area contributed by atoms with E-state index in [1.807, 2.05) is 13.0 Å². The van der Waals surface area contributed by atoms with Crippen LogP contribution in [-0.2, 0) is 0 Å². The second kappa shape index (κ2) is 12.2. The maximum Gasteiger partial charge on any atom is 0.204 e. The number of hydrogen-bond donors (Lipinski definition) is 3. The number of hydrogen-bond acceptors (Lipinski definition) is 7. The fourth-order valence-electron chi connectivity index (χ4n) is 4.15. The molecule has 3 aromatic rings. The fourth-order valence-corrected chi connectivity index (χ4v) is 4.15. The lowest BCUT2D eigenvalue weighted by atomic mass is 10.1. The third kappa shape index (κ3) is 8.64. The van der Waals surface area contributed by atoms with Gasteiger partial charge in [-0.1, -0.05) is 0 Å². The average Bonchev–Trinajstić information content (AvgIpc) is 2.76. The van der Waals surface area contributed by atoms with E-state index in [0.29, 0.717) is 41.3 Å². The number of rotatable bonds is 12. The lowest BCUT2D eigenvalue weighted by Crippen LogP contribution is -2.36. The highest BCUT2D eigenvalue weighted by Gasteiger charge is 2.16. The van der Waals surface area contributed by atoms with E-state index in [9.17, 15) is 9.90 Å². The zero-order valence-electron chi connectivity index (χ0n) is 23.5. The molecule has 204 valence electrons. The Morgan fingerprint density at radius 1 is 0.757 bits per heavy atom. The monoisotopic (exact) mass is 512 g/mol. The van der Waals surface area contributed by atoms with Crippen molar-refractivity contribution in [2.75, 3.05) is 26.3 Å². The number of nitrogens with one attached hydrogen (secondary N) is 2. The average molecular weight is 513 g/mol. The van der Waals surface area contributed by atoms with Crippen LogP contribution in [0, 0.1) is 6.92 Å². The smallest absolute Gasteiger partial charge is 0.204 e. The molecule has 0 aliphatic rings. The van der Waals surface area contributed by atoms with Crippen molar-refractivity contribution in [1.82, 2.24) is 10.6 Å². The molecule has 0 fully saturated rings. The van der Waals surface area contributed by atoms with E-state index >= 15 is 0 Å². The quantitative estimate of drug-likeness (QED) is 0.201. The molecule has 37 heavy (non-hydrogen) atoms. The summed E-state index contributed by atoms with van der Waals surface area (Å²) in [5.41, 5.74) is 1.43. The first-order chi connectivity index (χ1) is 17.3. The number of aromatic hydroxyl groups is 1. The molecule has 0 bridgehead atoms. The Labute approximate surface area is 220 Å². The molecule has 0 atom stereocenters. The van der Waals surface area contributed by atoms with Crippen molar-refractivity contribution in [1.29, 1.82) is 0 Å². The third-order valence-electron chi connectivity index (χ3n) is 5.99. The van der Waals surface area contributed by atoms with Crippen LogP contribution >= 0.6 is 0 Å². The molecule has 0 unspecified atom stereocenters. The highest BCUT2D eigenvalue weighted by Crippen LogP contribution is 2.33. The van der Waals surface area contributed by atoms with Gasteiger partial charge in [-0.05, 0) is 98.9 Å². The first-order valence-electron chi connectivity index (χ1n) is 13.3. The number of unbranched alkanes of at least 4 members (excludes halogenated alkanes) is 2. The largest absolute Gasteiger partial charge is 0.507 e. The van der Waals surface area contributed by atoms with Gasteiger partial charge in [0, 0.05) is 29.3 Å². The number of phenolic OH excluding ortho intramolecular Hbond substituents is 1. The van der Waals surface area contributed by atoms with Gasteiger partial charge in [0.05, 0.1) is 18.6 Å². The summed E-state index contributed by atoms with van der Waals surface area (Å²) in [4.78, 5) is 13.3. The minimum absolute atomic E-state index is 0.0954. The van der Waals surface area contributed by atoms with Crippen LogP contribution in [0.1, 0.15) is 72.8 Å². The topological polar surface area (TPSA) is 93.0 Å². The SMILES string of the molecule is Cc1cc(OCCCCNC(C)(C)C)cc2oc3cc(OCCCCNC(C)(C)C)cc(O)c3c(=O)c12. The number of fused-ring (bicyclic) bond motifs is 2. The van der Waals surface area contributed by atoms with Gasteiger partial charge >= 0.3 is 0 Å². The van der Waals surface area contributed by atoms with Crippen LogP contribution < -0.4 is 25.5 Å². The van der Waals surface area contributed by atoms with Crippen molar-refractivity contribution in [3.05, 3.63) is 40.1 Å². The Morgan fingerprint density at radius 3 is 1.76 bits per heavy atom. The van der Waals surface area contributed by atoms with Gasteiger partial charge < -0.3 is 29.6 Å². The highest BCUT2D eigenvalue weighted by molar-refractivity contribution is 5.95. The minimum Gasteiger partial charge on any atom is -0.507 e. The molecule has 0 saturated carbocycles. The van der Waals surface area contributed by atoms with Crippen LogP contribution in [0.2, 0.25) is 0 Å². The van der Waals surface area contributed by atoms with Crippen molar-refractivity contribution in [3.63, 3.8) is 0 Å². The van der Waals surface area contributed by atoms with E-state index in [1.165, 1.54) is 6.07 Å². The minimum atomic E-state index is -0.258. The van der Waals surface area contributed by atoms with Gasteiger partial charge in [0.15, 0.2) is 0 Å². The van der Waals surface area contributed by atoms with E-state index < -0.39 is 0 Å². The van der Waals surface area contributed by atoms with Crippen LogP contribution in [0.4, 0.5) is 0 Å². The summed E-state index contributed by atoms with van der Waals surface area (Å²) < 4.78 is 17.9. The van der Waals surface area contributed by atoms with Crippen LogP contribution in [0.3, 0.4) is 0 Å². The lowest BCUT2D eigenvalue weighted by Gasteiger charge is -2.20. The van der Waals surface area contributed by atoms with Gasteiger partial charge in [-0.3, -0.25) is 4.79 Å². The van der Waals surface area contributed by atoms with Crippen LogP contribution in [0.25, 0.3) is 21.9 Å². The third-order valence-corrected chi connectivity index (χ3v) is 5.99. The molecule has 2 aromatic carbocycles. The van der Waals surface area contributed by atoms with E-state index in [-0.39, 0.29) is 27.6 Å². The summed E-state index contributed by atoms with van der Waals surface area (Å²) >= 11 is 0. The zero-order chi connectivity index (χ0) is 27.2. The van der Waals surface area contributed by atoms with Crippen molar-refractivity contribution in [2.24, 2.45) is 0 Å². The molecule has 3 rings (SSSR count). The Kier molecular flexibility index (Phi) is 9.48. The summed E-state index contributed by atoms with van der Waals surface area (Å²) in [5, 5.41) is 18.2. The van der Waals surface area contributed by atoms with Gasteiger partial charge in [0.25, 0.3) is 0 Å². The molecule has 0 aliphatic carbocycles. The second-order valence-electron chi connectivity index (χ2n) is 11.8. The highest BCUT2D eigenvalue weighted by atomic mass is 16.5. The molecule has 0 radical (unpaired) electrons. The van der Waals surface area contributed by atoms with Gasteiger partial charge in [-0.15, -0.1) is 0 Å². The molecule has 0 saturated heterocycles. The molecule has 7 heteroatoms.